The monoisotopic (exact) mass is 234 g/mol. The minimum atomic E-state index is -0.492. The van der Waals surface area contributed by atoms with Crippen molar-refractivity contribution in [2.75, 3.05) is 13.7 Å². The number of Topliss-reactive ketones (excluding diaryl/α,β-unsaturated/α-hetero) is 1. The van der Waals surface area contributed by atoms with Crippen LogP contribution in [-0.4, -0.2) is 25.5 Å². The van der Waals surface area contributed by atoms with Crippen molar-refractivity contribution < 1.29 is 19.1 Å². The smallest absolute Gasteiger partial charge is 0.313 e. The summed E-state index contributed by atoms with van der Waals surface area (Å²) in [5.41, 5.74) is 1.02. The number of ketones is 1. The van der Waals surface area contributed by atoms with Gasteiger partial charge in [-0.15, -0.1) is 0 Å². The van der Waals surface area contributed by atoms with Crippen LogP contribution in [0.4, 0.5) is 0 Å². The summed E-state index contributed by atoms with van der Waals surface area (Å²) < 4.78 is 9.98. The maximum atomic E-state index is 11.8. The largest absolute Gasteiger partial charge is 0.493 e. The third-order valence-electron chi connectivity index (χ3n) is 2.88. The Kier molecular flexibility index (Phi) is 3.42. The number of hydrogen-bond donors (Lipinski definition) is 0. The predicted molar refractivity (Wildman–Crippen MR) is 60.8 cm³/mol. The molecular weight excluding hydrogens is 220 g/mol. The van der Waals surface area contributed by atoms with Crippen molar-refractivity contribution in [3.63, 3.8) is 0 Å². The van der Waals surface area contributed by atoms with E-state index in [4.69, 9.17) is 4.74 Å². The van der Waals surface area contributed by atoms with Crippen molar-refractivity contribution in [1.82, 2.24) is 0 Å². The zero-order chi connectivity index (χ0) is 12.3. The molecule has 1 heterocycles. The van der Waals surface area contributed by atoms with Crippen LogP contribution in [0.15, 0.2) is 24.3 Å². The maximum Gasteiger partial charge on any atom is 0.313 e. The minimum Gasteiger partial charge on any atom is -0.493 e. The Labute approximate surface area is 99.5 Å². The first-order chi connectivity index (χ1) is 8.20. The molecule has 1 aliphatic rings. The first kappa shape index (κ1) is 11.6. The van der Waals surface area contributed by atoms with Crippen LogP contribution >= 0.6 is 0 Å². The molecule has 0 aromatic heterocycles. The Morgan fingerprint density at radius 1 is 1.41 bits per heavy atom. The van der Waals surface area contributed by atoms with E-state index in [9.17, 15) is 9.59 Å². The molecule has 0 spiro atoms. The van der Waals surface area contributed by atoms with Crippen molar-refractivity contribution in [3.8, 4) is 5.75 Å². The lowest BCUT2D eigenvalue weighted by atomic mass is 9.92. The Morgan fingerprint density at radius 2 is 2.18 bits per heavy atom. The number of esters is 1. The van der Waals surface area contributed by atoms with Crippen LogP contribution in [0.3, 0.4) is 0 Å². The fourth-order valence-corrected chi connectivity index (χ4v) is 1.89. The van der Waals surface area contributed by atoms with Gasteiger partial charge in [0.2, 0.25) is 0 Å². The Bertz CT molecular complexity index is 439. The molecular formula is C13H14O4. The molecule has 17 heavy (non-hydrogen) atoms. The number of methoxy groups -OCH3 is 1. The first-order valence-corrected chi connectivity index (χ1v) is 5.51. The van der Waals surface area contributed by atoms with Gasteiger partial charge in [-0.05, 0) is 18.1 Å². The number of hydrogen-bond acceptors (Lipinski definition) is 4. The number of carbonyl (C=O) groups excluding carboxylic acids is 2. The van der Waals surface area contributed by atoms with E-state index < -0.39 is 5.97 Å². The molecule has 4 heteroatoms. The minimum absolute atomic E-state index is 0.119. The van der Waals surface area contributed by atoms with Gasteiger partial charge in [0, 0.05) is 0 Å². The summed E-state index contributed by atoms with van der Waals surface area (Å²) in [5, 5.41) is 0. The van der Waals surface area contributed by atoms with Crippen LogP contribution in [0, 0.1) is 5.92 Å². The van der Waals surface area contributed by atoms with Gasteiger partial charge in [-0.2, -0.15) is 0 Å². The van der Waals surface area contributed by atoms with E-state index >= 15 is 0 Å². The second-order valence-corrected chi connectivity index (χ2v) is 4.04. The highest BCUT2D eigenvalue weighted by Crippen LogP contribution is 2.27. The third kappa shape index (κ3) is 2.64. The number of ether oxygens (including phenoxy) is 2. The second-order valence-electron chi connectivity index (χ2n) is 4.04. The maximum absolute atomic E-state index is 11.8. The lowest BCUT2D eigenvalue weighted by Crippen LogP contribution is -2.29. The van der Waals surface area contributed by atoms with Gasteiger partial charge in [0.15, 0.2) is 5.78 Å². The average molecular weight is 234 g/mol. The molecule has 0 bridgehead atoms. The zero-order valence-electron chi connectivity index (χ0n) is 9.64. The van der Waals surface area contributed by atoms with Crippen molar-refractivity contribution in [3.05, 3.63) is 29.8 Å². The van der Waals surface area contributed by atoms with E-state index in [-0.39, 0.29) is 18.1 Å². The molecule has 1 atom stereocenters. The van der Waals surface area contributed by atoms with Crippen LogP contribution in [0.1, 0.15) is 12.0 Å². The number of carbonyl (C=O) groups is 2. The fourth-order valence-electron chi connectivity index (χ4n) is 1.89. The average Bonchev–Trinajstić information content (AvgIpc) is 2.38. The van der Waals surface area contributed by atoms with Crippen LogP contribution in [0.5, 0.6) is 5.75 Å². The molecule has 1 aromatic rings. The highest BCUT2D eigenvalue weighted by atomic mass is 16.5. The molecule has 0 saturated carbocycles. The molecule has 0 amide bonds. The highest BCUT2D eigenvalue weighted by molar-refractivity contribution is 5.97. The Morgan fingerprint density at radius 3 is 2.94 bits per heavy atom. The quantitative estimate of drug-likeness (QED) is 0.585. The standard InChI is InChI=1S/C13H14O4/c1-16-13(15)7-11(14)10-6-9-4-2-3-5-12(9)17-8-10/h2-5,10H,6-8H2,1H3. The van der Waals surface area contributed by atoms with Crippen molar-refractivity contribution in [2.45, 2.75) is 12.8 Å². The Hall–Kier alpha value is -1.84. The molecule has 4 nitrogen and oxygen atoms in total. The highest BCUT2D eigenvalue weighted by Gasteiger charge is 2.27. The van der Waals surface area contributed by atoms with E-state index in [1.54, 1.807) is 0 Å². The van der Waals surface area contributed by atoms with Crippen LogP contribution in [0.2, 0.25) is 0 Å². The van der Waals surface area contributed by atoms with Crippen LogP contribution in [-0.2, 0) is 20.7 Å². The van der Waals surface area contributed by atoms with Gasteiger partial charge in [0.1, 0.15) is 12.2 Å². The zero-order valence-corrected chi connectivity index (χ0v) is 9.64. The predicted octanol–water partition coefficient (Wildman–Crippen LogP) is 1.37. The number of benzene rings is 1. The number of fused-ring (bicyclic) bond motifs is 1. The van der Waals surface area contributed by atoms with Crippen molar-refractivity contribution >= 4 is 11.8 Å². The molecule has 1 unspecified atom stereocenters. The topological polar surface area (TPSA) is 52.6 Å². The molecule has 2 rings (SSSR count). The van der Waals surface area contributed by atoms with Gasteiger partial charge in [0.05, 0.1) is 19.6 Å². The lowest BCUT2D eigenvalue weighted by Gasteiger charge is -2.23. The summed E-state index contributed by atoms with van der Waals surface area (Å²) >= 11 is 0. The summed E-state index contributed by atoms with van der Waals surface area (Å²) in [7, 11) is 1.28. The first-order valence-electron chi connectivity index (χ1n) is 5.51. The summed E-state index contributed by atoms with van der Waals surface area (Å²) in [4.78, 5) is 22.8. The van der Waals surface area contributed by atoms with E-state index in [1.807, 2.05) is 24.3 Å². The molecule has 0 fully saturated rings. The van der Waals surface area contributed by atoms with E-state index in [0.717, 1.165) is 11.3 Å². The fraction of sp³-hybridized carbons (Fsp3) is 0.385. The summed E-state index contributed by atoms with van der Waals surface area (Å²) in [5.74, 6) is -0.0289. The molecule has 1 aliphatic heterocycles. The molecule has 0 radical (unpaired) electrons. The van der Waals surface area contributed by atoms with Crippen molar-refractivity contribution in [1.29, 1.82) is 0 Å². The molecule has 0 saturated heterocycles. The normalized spacial score (nSPS) is 17.8. The number of rotatable bonds is 3. The van der Waals surface area contributed by atoms with Gasteiger partial charge >= 0.3 is 5.97 Å². The van der Waals surface area contributed by atoms with E-state index in [2.05, 4.69) is 4.74 Å². The van der Waals surface area contributed by atoms with Crippen LogP contribution < -0.4 is 4.74 Å². The lowest BCUT2D eigenvalue weighted by molar-refractivity contribution is -0.144. The molecule has 90 valence electrons. The second kappa shape index (κ2) is 4.99. The van der Waals surface area contributed by atoms with Gasteiger partial charge in [-0.1, -0.05) is 18.2 Å². The van der Waals surface area contributed by atoms with Gasteiger partial charge in [-0.25, -0.2) is 0 Å². The van der Waals surface area contributed by atoms with Gasteiger partial charge in [-0.3, -0.25) is 9.59 Å². The molecule has 0 aliphatic carbocycles. The van der Waals surface area contributed by atoms with Gasteiger partial charge in [0.25, 0.3) is 0 Å². The van der Waals surface area contributed by atoms with E-state index in [1.165, 1.54) is 7.11 Å². The summed E-state index contributed by atoms with van der Waals surface area (Å²) in [6.45, 7) is 0.340. The summed E-state index contributed by atoms with van der Waals surface area (Å²) in [6.07, 6.45) is 0.457. The van der Waals surface area contributed by atoms with E-state index in [0.29, 0.717) is 13.0 Å². The Balaban J connectivity index is 2.02. The molecule has 1 aromatic carbocycles. The SMILES string of the molecule is COC(=O)CC(=O)C1COc2ccccc2C1. The molecule has 0 N–H and O–H groups in total. The summed E-state index contributed by atoms with van der Waals surface area (Å²) in [6, 6.07) is 7.63. The third-order valence-corrected chi connectivity index (χ3v) is 2.88. The van der Waals surface area contributed by atoms with Crippen molar-refractivity contribution in [2.24, 2.45) is 5.92 Å². The number of para-hydroxylation sites is 1. The van der Waals surface area contributed by atoms with Crippen LogP contribution in [0.25, 0.3) is 0 Å². The van der Waals surface area contributed by atoms with Gasteiger partial charge < -0.3 is 9.47 Å².